The van der Waals surface area contributed by atoms with Gasteiger partial charge in [-0.1, -0.05) is 6.92 Å². The van der Waals surface area contributed by atoms with Crippen molar-refractivity contribution < 1.29 is 9.90 Å². The van der Waals surface area contributed by atoms with Crippen molar-refractivity contribution in [1.82, 2.24) is 29.8 Å². The van der Waals surface area contributed by atoms with E-state index in [2.05, 4.69) is 25.3 Å². The molecular weight excluding hydrogens is 296 g/mol. The molecule has 0 bridgehead atoms. The number of carboxylic acids is 1. The first kappa shape index (κ1) is 15.0. The summed E-state index contributed by atoms with van der Waals surface area (Å²) in [6, 6.07) is 5.25. The van der Waals surface area contributed by atoms with Gasteiger partial charge in [0.05, 0.1) is 11.1 Å². The summed E-state index contributed by atoms with van der Waals surface area (Å²) in [6.45, 7) is 3.57. The predicted molar refractivity (Wildman–Crippen MR) is 81.5 cm³/mol. The van der Waals surface area contributed by atoms with Gasteiger partial charge in [0.15, 0.2) is 11.5 Å². The first-order valence-electron chi connectivity index (χ1n) is 7.25. The lowest BCUT2D eigenvalue weighted by Gasteiger charge is -2.22. The maximum absolute atomic E-state index is 11.5. The van der Waals surface area contributed by atoms with Crippen LogP contribution in [0.25, 0.3) is 17.3 Å². The number of carbonyl (C=O) groups is 1. The molecule has 3 heterocycles. The van der Waals surface area contributed by atoms with Gasteiger partial charge in [0, 0.05) is 18.8 Å². The number of hydrogen-bond donors (Lipinski definition) is 1. The van der Waals surface area contributed by atoms with Crippen molar-refractivity contribution in [3.8, 4) is 11.6 Å². The molecule has 8 heteroatoms. The first-order valence-corrected chi connectivity index (χ1v) is 7.25. The SMILES string of the molecule is CCC(C)(Cc1ccc2nnc(-c3ncccn3)n2n1)C(=O)O. The Balaban J connectivity index is 2.03. The van der Waals surface area contributed by atoms with E-state index in [0.717, 1.165) is 0 Å². The van der Waals surface area contributed by atoms with E-state index >= 15 is 0 Å². The lowest BCUT2D eigenvalue weighted by Crippen LogP contribution is -2.29. The second-order valence-corrected chi connectivity index (χ2v) is 5.59. The van der Waals surface area contributed by atoms with Crippen LogP contribution in [0.3, 0.4) is 0 Å². The third-order valence-electron chi connectivity index (χ3n) is 3.95. The minimum atomic E-state index is -0.863. The Bertz CT molecular complexity index is 848. The highest BCUT2D eigenvalue weighted by atomic mass is 16.4. The van der Waals surface area contributed by atoms with E-state index in [-0.39, 0.29) is 0 Å². The van der Waals surface area contributed by atoms with E-state index in [1.54, 1.807) is 42.0 Å². The second kappa shape index (κ2) is 5.71. The Hall–Kier alpha value is -2.90. The van der Waals surface area contributed by atoms with E-state index in [9.17, 15) is 9.90 Å². The standard InChI is InChI=1S/C15H16N6O2/c1-3-15(2,14(22)23)9-10-5-6-11-18-19-13(21(11)20-10)12-16-7-4-8-17-12/h4-8H,3,9H2,1-2H3,(H,22,23). The molecule has 0 spiro atoms. The number of fused-ring (bicyclic) bond motifs is 1. The summed E-state index contributed by atoms with van der Waals surface area (Å²) in [5.74, 6) is 0.00869. The van der Waals surface area contributed by atoms with Gasteiger partial charge in [-0.2, -0.15) is 9.61 Å². The van der Waals surface area contributed by atoms with Crippen molar-refractivity contribution in [2.75, 3.05) is 0 Å². The molecule has 0 amide bonds. The van der Waals surface area contributed by atoms with Gasteiger partial charge in [0.25, 0.3) is 0 Å². The third kappa shape index (κ3) is 2.75. The molecular formula is C15H16N6O2. The Labute approximate surface area is 132 Å². The zero-order chi connectivity index (χ0) is 16.4. The maximum Gasteiger partial charge on any atom is 0.309 e. The largest absolute Gasteiger partial charge is 0.481 e. The van der Waals surface area contributed by atoms with Gasteiger partial charge in [-0.3, -0.25) is 4.79 Å². The number of hydrogen-bond acceptors (Lipinski definition) is 6. The van der Waals surface area contributed by atoms with E-state index in [4.69, 9.17) is 0 Å². The molecule has 0 saturated heterocycles. The molecule has 3 aromatic rings. The fourth-order valence-corrected chi connectivity index (χ4v) is 2.23. The van der Waals surface area contributed by atoms with E-state index in [1.807, 2.05) is 6.92 Å². The highest BCUT2D eigenvalue weighted by molar-refractivity contribution is 5.74. The molecule has 3 aromatic heterocycles. The summed E-state index contributed by atoms with van der Waals surface area (Å²) in [4.78, 5) is 19.8. The van der Waals surface area contributed by atoms with Gasteiger partial charge in [0.1, 0.15) is 0 Å². The van der Waals surface area contributed by atoms with Gasteiger partial charge < -0.3 is 5.11 Å². The first-order chi connectivity index (χ1) is 11.0. The topological polar surface area (TPSA) is 106 Å². The molecule has 1 unspecified atom stereocenters. The number of aromatic nitrogens is 6. The Kier molecular flexibility index (Phi) is 3.73. The van der Waals surface area contributed by atoms with Crippen LogP contribution in [-0.4, -0.2) is 40.9 Å². The van der Waals surface area contributed by atoms with Crippen molar-refractivity contribution in [1.29, 1.82) is 0 Å². The average Bonchev–Trinajstić information content (AvgIpc) is 2.98. The summed E-state index contributed by atoms with van der Waals surface area (Å²) < 4.78 is 1.54. The number of nitrogens with zero attached hydrogens (tertiary/aromatic N) is 6. The lowest BCUT2D eigenvalue weighted by molar-refractivity contribution is -0.148. The molecule has 0 fully saturated rings. The van der Waals surface area contributed by atoms with E-state index in [1.165, 1.54) is 0 Å². The Morgan fingerprint density at radius 2 is 2.00 bits per heavy atom. The van der Waals surface area contributed by atoms with Crippen molar-refractivity contribution in [2.45, 2.75) is 26.7 Å². The molecule has 3 rings (SSSR count). The predicted octanol–water partition coefficient (Wildman–Crippen LogP) is 1.62. The fourth-order valence-electron chi connectivity index (χ4n) is 2.23. The maximum atomic E-state index is 11.5. The molecule has 0 radical (unpaired) electrons. The lowest BCUT2D eigenvalue weighted by atomic mass is 9.83. The van der Waals surface area contributed by atoms with Crippen LogP contribution >= 0.6 is 0 Å². The van der Waals surface area contributed by atoms with Crippen LogP contribution in [0.15, 0.2) is 30.6 Å². The molecule has 118 valence electrons. The molecule has 1 N–H and O–H groups in total. The van der Waals surface area contributed by atoms with Crippen molar-refractivity contribution in [2.24, 2.45) is 5.41 Å². The van der Waals surface area contributed by atoms with Gasteiger partial charge in [-0.15, -0.1) is 10.2 Å². The smallest absolute Gasteiger partial charge is 0.309 e. The van der Waals surface area contributed by atoms with Crippen molar-refractivity contribution in [3.05, 3.63) is 36.3 Å². The van der Waals surface area contributed by atoms with Crippen LogP contribution in [0.2, 0.25) is 0 Å². The average molecular weight is 312 g/mol. The van der Waals surface area contributed by atoms with Crippen LogP contribution in [0.5, 0.6) is 0 Å². The van der Waals surface area contributed by atoms with Crippen LogP contribution in [0, 0.1) is 5.41 Å². The Morgan fingerprint density at radius 3 is 2.65 bits per heavy atom. The highest BCUT2D eigenvalue weighted by Gasteiger charge is 2.32. The number of aliphatic carboxylic acids is 1. The van der Waals surface area contributed by atoms with Crippen molar-refractivity contribution in [3.63, 3.8) is 0 Å². The minimum absolute atomic E-state index is 0.321. The summed E-state index contributed by atoms with van der Waals surface area (Å²) in [5, 5.41) is 22.0. The summed E-state index contributed by atoms with van der Waals surface area (Å²) in [5.41, 5.74) is 0.351. The van der Waals surface area contributed by atoms with Gasteiger partial charge >= 0.3 is 5.97 Å². The summed E-state index contributed by atoms with van der Waals surface area (Å²) in [7, 11) is 0. The fraction of sp³-hybridized carbons (Fsp3) is 0.333. The zero-order valence-corrected chi connectivity index (χ0v) is 12.8. The van der Waals surface area contributed by atoms with Crippen LogP contribution in [-0.2, 0) is 11.2 Å². The summed E-state index contributed by atoms with van der Waals surface area (Å²) in [6.07, 6.45) is 4.07. The molecule has 0 aliphatic heterocycles. The number of carboxylic acid groups (broad SMARTS) is 1. The molecule has 8 nitrogen and oxygen atoms in total. The molecule has 0 saturated carbocycles. The van der Waals surface area contributed by atoms with Gasteiger partial charge in [0.2, 0.25) is 5.82 Å². The normalized spacial score (nSPS) is 13.8. The minimum Gasteiger partial charge on any atom is -0.481 e. The van der Waals surface area contributed by atoms with Crippen LogP contribution in [0.1, 0.15) is 26.0 Å². The highest BCUT2D eigenvalue weighted by Crippen LogP contribution is 2.26. The van der Waals surface area contributed by atoms with Gasteiger partial charge in [-0.05, 0) is 31.5 Å². The second-order valence-electron chi connectivity index (χ2n) is 5.59. The molecule has 0 aromatic carbocycles. The molecule has 0 aliphatic carbocycles. The van der Waals surface area contributed by atoms with Crippen molar-refractivity contribution >= 4 is 11.6 Å². The van der Waals surface area contributed by atoms with E-state index in [0.29, 0.717) is 35.8 Å². The van der Waals surface area contributed by atoms with E-state index < -0.39 is 11.4 Å². The number of rotatable bonds is 5. The zero-order valence-electron chi connectivity index (χ0n) is 12.8. The molecule has 0 aliphatic rings. The monoisotopic (exact) mass is 312 g/mol. The summed E-state index contributed by atoms with van der Waals surface area (Å²) >= 11 is 0. The Morgan fingerprint density at radius 1 is 1.26 bits per heavy atom. The molecule has 23 heavy (non-hydrogen) atoms. The quantitative estimate of drug-likeness (QED) is 0.763. The van der Waals surface area contributed by atoms with Gasteiger partial charge in [-0.25, -0.2) is 9.97 Å². The molecule has 1 atom stereocenters. The van der Waals surface area contributed by atoms with Crippen LogP contribution in [0.4, 0.5) is 0 Å². The van der Waals surface area contributed by atoms with Crippen LogP contribution < -0.4 is 0 Å². The third-order valence-corrected chi connectivity index (χ3v) is 3.95.